The molecule has 2 N–H and O–H groups in total. The van der Waals surface area contributed by atoms with Crippen molar-refractivity contribution in [2.75, 3.05) is 39.2 Å². The van der Waals surface area contributed by atoms with Gasteiger partial charge in [-0.15, -0.1) is 0 Å². The fourth-order valence-corrected chi connectivity index (χ4v) is 4.97. The highest BCUT2D eigenvalue weighted by molar-refractivity contribution is 6.39. The number of rotatable bonds is 9. The number of hydrogen-bond acceptors (Lipinski definition) is 7. The van der Waals surface area contributed by atoms with Gasteiger partial charge in [0.25, 0.3) is 0 Å². The molecule has 46 heavy (non-hydrogen) atoms. The number of carbonyl (C=O) groups is 2. The average molecular weight is 641 g/mol. The Morgan fingerprint density at radius 3 is 2.35 bits per heavy atom. The molecule has 3 aromatic carbocycles. The number of benzene rings is 3. The summed E-state index contributed by atoms with van der Waals surface area (Å²) in [6, 6.07) is 12.9. The number of piperidine rings is 1. The van der Waals surface area contributed by atoms with Gasteiger partial charge < -0.3 is 29.7 Å². The number of fused-ring (bicyclic) bond motifs is 1. The zero-order valence-corrected chi connectivity index (χ0v) is 25.1. The van der Waals surface area contributed by atoms with Gasteiger partial charge in [-0.1, -0.05) is 12.1 Å². The number of aromatic nitrogens is 1. The van der Waals surface area contributed by atoms with E-state index in [0.29, 0.717) is 46.2 Å². The third kappa shape index (κ3) is 8.02. The van der Waals surface area contributed by atoms with Crippen molar-refractivity contribution in [2.24, 2.45) is 5.92 Å². The summed E-state index contributed by atoms with van der Waals surface area (Å²) < 4.78 is 70.8. The molecule has 0 unspecified atom stereocenters. The van der Waals surface area contributed by atoms with Crippen LogP contribution in [0.5, 0.6) is 23.0 Å². The molecule has 0 spiro atoms. The second-order valence-electron chi connectivity index (χ2n) is 11.0. The van der Waals surface area contributed by atoms with Gasteiger partial charge in [-0.2, -0.15) is 13.2 Å². The van der Waals surface area contributed by atoms with Crippen LogP contribution in [-0.2, 0) is 22.3 Å². The lowest BCUT2D eigenvalue weighted by Gasteiger charge is -2.28. The van der Waals surface area contributed by atoms with Crippen LogP contribution in [0, 0.1) is 11.7 Å². The zero-order valence-electron chi connectivity index (χ0n) is 25.1. The lowest BCUT2D eigenvalue weighted by molar-refractivity contribution is -0.137. The van der Waals surface area contributed by atoms with Crippen LogP contribution in [-0.4, -0.2) is 55.6 Å². The quantitative estimate of drug-likeness (QED) is 0.167. The molecule has 0 bridgehead atoms. The highest BCUT2D eigenvalue weighted by Gasteiger charge is 2.30. The fraction of sp³-hybridized carbons (Fsp3) is 0.303. The van der Waals surface area contributed by atoms with E-state index in [2.05, 4.69) is 27.6 Å². The van der Waals surface area contributed by atoms with E-state index in [1.165, 1.54) is 37.6 Å². The molecule has 1 fully saturated rings. The first kappa shape index (κ1) is 32.5. The molecular formula is C33H32F4N4O5. The summed E-state index contributed by atoms with van der Waals surface area (Å²) in [5.74, 6) is -1.30. The van der Waals surface area contributed by atoms with Crippen molar-refractivity contribution in [1.29, 1.82) is 0 Å². The summed E-state index contributed by atoms with van der Waals surface area (Å²) in [4.78, 5) is 31.3. The maximum atomic E-state index is 15.1. The molecule has 0 aliphatic carbocycles. The predicted molar refractivity (Wildman–Crippen MR) is 162 cm³/mol. The van der Waals surface area contributed by atoms with Gasteiger partial charge in [0.2, 0.25) is 0 Å². The molecule has 2 amide bonds. The molecule has 0 atom stereocenters. The Balaban J connectivity index is 1.21. The van der Waals surface area contributed by atoms with E-state index in [1.807, 2.05) is 0 Å². The number of likely N-dealkylation sites (tertiary alicyclic amines) is 1. The number of halogens is 4. The number of pyridine rings is 1. The molecule has 0 saturated carbocycles. The van der Waals surface area contributed by atoms with E-state index in [1.54, 1.807) is 18.2 Å². The molecule has 1 aromatic heterocycles. The number of hydrogen-bond donors (Lipinski definition) is 2. The Morgan fingerprint density at radius 1 is 0.935 bits per heavy atom. The van der Waals surface area contributed by atoms with Gasteiger partial charge in [0.15, 0.2) is 23.1 Å². The van der Waals surface area contributed by atoms with Crippen LogP contribution in [0.2, 0.25) is 0 Å². The number of nitrogens with one attached hydrogen (secondary N) is 2. The van der Waals surface area contributed by atoms with Crippen molar-refractivity contribution in [2.45, 2.75) is 25.6 Å². The number of amides is 2. The molecule has 4 aromatic rings. The average Bonchev–Trinajstić information content (AvgIpc) is 3.04. The third-order valence-corrected chi connectivity index (χ3v) is 7.65. The highest BCUT2D eigenvalue weighted by atomic mass is 19.4. The van der Waals surface area contributed by atoms with Crippen LogP contribution in [0.15, 0.2) is 66.9 Å². The molecule has 1 aliphatic rings. The number of methoxy groups -OCH3 is 1. The molecule has 9 nitrogen and oxygen atoms in total. The van der Waals surface area contributed by atoms with Crippen molar-refractivity contribution >= 4 is 28.4 Å². The van der Waals surface area contributed by atoms with E-state index in [9.17, 15) is 22.8 Å². The van der Waals surface area contributed by atoms with E-state index >= 15 is 4.39 Å². The normalized spacial score (nSPS) is 14.1. The molecule has 1 aliphatic heterocycles. The number of anilines is 1. The predicted octanol–water partition coefficient (Wildman–Crippen LogP) is 6.17. The number of nitrogens with zero attached hydrogens (tertiary/aromatic N) is 2. The van der Waals surface area contributed by atoms with Gasteiger partial charge in [-0.3, -0.25) is 14.6 Å². The van der Waals surface area contributed by atoms with Crippen molar-refractivity contribution in [3.63, 3.8) is 0 Å². The summed E-state index contributed by atoms with van der Waals surface area (Å²) in [6.45, 7) is 2.43. The van der Waals surface area contributed by atoms with Crippen LogP contribution >= 0.6 is 0 Å². The van der Waals surface area contributed by atoms with Crippen LogP contribution in [0.1, 0.15) is 24.0 Å². The summed E-state index contributed by atoms with van der Waals surface area (Å²) in [7, 11) is 3.64. The summed E-state index contributed by atoms with van der Waals surface area (Å²) in [6.07, 6.45) is -0.853. The minimum atomic E-state index is -4.48. The Morgan fingerprint density at radius 2 is 1.67 bits per heavy atom. The van der Waals surface area contributed by atoms with E-state index in [0.717, 1.165) is 44.1 Å². The van der Waals surface area contributed by atoms with Crippen LogP contribution in [0.25, 0.3) is 10.9 Å². The van der Waals surface area contributed by atoms with Crippen LogP contribution in [0.3, 0.4) is 0 Å². The lowest BCUT2D eigenvalue weighted by Crippen LogP contribution is -2.35. The standard InChI is InChI=1S/C33H32F4N4O5/c1-41-13-10-21(11-14-41)19-45-30-17-26-24(16-29(30)44-2)27(9-12-38-26)46-28-8-7-23(15-25(28)34)40-32(43)31(42)39-18-20-3-5-22(6-4-20)33(35,36)37/h3-9,12,15-17,21H,10-11,13-14,18-19H2,1-2H3,(H,39,42)(H,40,43). The van der Waals surface area contributed by atoms with E-state index in [-0.39, 0.29) is 18.0 Å². The first-order chi connectivity index (χ1) is 22.0. The Bertz CT molecular complexity index is 1710. The second kappa shape index (κ2) is 14.0. The van der Waals surface area contributed by atoms with Crippen LogP contribution in [0.4, 0.5) is 23.2 Å². The molecule has 2 heterocycles. The van der Waals surface area contributed by atoms with Gasteiger partial charge in [0.05, 0.1) is 24.8 Å². The van der Waals surface area contributed by atoms with Crippen molar-refractivity contribution in [3.8, 4) is 23.0 Å². The van der Waals surface area contributed by atoms with Crippen molar-refractivity contribution in [1.82, 2.24) is 15.2 Å². The molecule has 13 heteroatoms. The number of ether oxygens (including phenoxy) is 3. The molecule has 0 radical (unpaired) electrons. The Labute approximate surface area is 262 Å². The van der Waals surface area contributed by atoms with Gasteiger partial charge in [-0.05, 0) is 80.9 Å². The van der Waals surface area contributed by atoms with Gasteiger partial charge in [0.1, 0.15) is 5.75 Å². The zero-order chi connectivity index (χ0) is 32.8. The number of alkyl halides is 3. The maximum absolute atomic E-state index is 15.1. The maximum Gasteiger partial charge on any atom is 0.416 e. The highest BCUT2D eigenvalue weighted by Crippen LogP contribution is 2.38. The lowest BCUT2D eigenvalue weighted by atomic mass is 9.98. The Hall–Kier alpha value is -4.91. The van der Waals surface area contributed by atoms with Crippen molar-refractivity contribution < 1.29 is 41.4 Å². The van der Waals surface area contributed by atoms with Crippen molar-refractivity contribution in [3.05, 3.63) is 83.8 Å². The fourth-order valence-electron chi connectivity index (χ4n) is 4.97. The SMILES string of the molecule is COc1cc2c(Oc3ccc(NC(=O)C(=O)NCc4ccc(C(F)(F)F)cc4)cc3F)ccnc2cc1OCC1CCN(C)CC1. The first-order valence-corrected chi connectivity index (χ1v) is 14.5. The summed E-state index contributed by atoms with van der Waals surface area (Å²) in [5, 5.41) is 5.17. The largest absolute Gasteiger partial charge is 0.493 e. The molecule has 242 valence electrons. The topological polar surface area (TPSA) is 102 Å². The monoisotopic (exact) mass is 640 g/mol. The van der Waals surface area contributed by atoms with Crippen LogP contribution < -0.4 is 24.8 Å². The molecule has 5 rings (SSSR count). The smallest absolute Gasteiger partial charge is 0.416 e. The van der Waals surface area contributed by atoms with Gasteiger partial charge >= 0.3 is 18.0 Å². The minimum Gasteiger partial charge on any atom is -0.493 e. The summed E-state index contributed by atoms with van der Waals surface area (Å²) in [5.41, 5.74) is 0.0822. The summed E-state index contributed by atoms with van der Waals surface area (Å²) >= 11 is 0. The molecular weight excluding hydrogens is 608 g/mol. The van der Waals surface area contributed by atoms with E-state index < -0.39 is 29.4 Å². The first-order valence-electron chi connectivity index (χ1n) is 14.5. The number of carbonyl (C=O) groups excluding carboxylic acids is 2. The van der Waals surface area contributed by atoms with Gasteiger partial charge in [-0.25, -0.2) is 4.39 Å². The third-order valence-electron chi connectivity index (χ3n) is 7.65. The molecule has 1 saturated heterocycles. The van der Waals surface area contributed by atoms with Gasteiger partial charge in [0, 0.05) is 35.9 Å². The minimum absolute atomic E-state index is 0.00723. The Kier molecular flexibility index (Phi) is 9.90. The second-order valence-corrected chi connectivity index (χ2v) is 11.0. The van der Waals surface area contributed by atoms with E-state index in [4.69, 9.17) is 14.2 Å².